The lowest BCUT2D eigenvalue weighted by Crippen LogP contribution is -2.35. The number of carbonyl (C=O) groups excluding carboxylic acids is 2. The Morgan fingerprint density at radius 2 is 1.48 bits per heavy atom. The summed E-state index contributed by atoms with van der Waals surface area (Å²) in [6.45, 7) is 15.3. The van der Waals surface area contributed by atoms with Gasteiger partial charge in [-0.15, -0.1) is 0 Å². The van der Waals surface area contributed by atoms with E-state index in [1.807, 2.05) is 19.1 Å². The van der Waals surface area contributed by atoms with Crippen LogP contribution in [0.4, 0.5) is 5.69 Å². The van der Waals surface area contributed by atoms with E-state index in [2.05, 4.69) is 65.8 Å². The van der Waals surface area contributed by atoms with E-state index in [4.69, 9.17) is 0 Å². The third-order valence-electron chi connectivity index (χ3n) is 7.05. The minimum Gasteiger partial charge on any atom is -0.276 e. The summed E-state index contributed by atoms with van der Waals surface area (Å²) in [6, 6.07) is 12.5. The molecule has 0 unspecified atom stereocenters. The minimum absolute atomic E-state index is 0.0299. The van der Waals surface area contributed by atoms with Gasteiger partial charge in [-0.05, 0) is 95.7 Å². The van der Waals surface area contributed by atoms with Crippen molar-refractivity contribution in [1.82, 2.24) is 0 Å². The third-order valence-corrected chi connectivity index (χ3v) is 8.09. The largest absolute Gasteiger partial charge is 0.311 e. The van der Waals surface area contributed by atoms with Gasteiger partial charge in [0.25, 0.3) is 5.12 Å². The molecule has 0 bridgehead atoms. The van der Waals surface area contributed by atoms with Crippen LogP contribution in [0, 0.1) is 13.8 Å². The van der Waals surface area contributed by atoms with Crippen LogP contribution in [-0.2, 0) is 20.4 Å². The average Bonchev–Trinajstić information content (AvgIpc) is 3.00. The van der Waals surface area contributed by atoms with E-state index in [1.54, 1.807) is 4.90 Å². The van der Waals surface area contributed by atoms with Crippen molar-refractivity contribution >= 4 is 34.0 Å². The fourth-order valence-electron chi connectivity index (χ4n) is 4.88. The number of carbonyl (C=O) groups is 2. The van der Waals surface area contributed by atoms with Gasteiger partial charge >= 0.3 is 5.91 Å². The number of benzene rings is 2. The molecule has 1 fully saturated rings. The standard InChI is InChI=1S/C27H31NO2S/c1-16-10-8-9-11-19(16)18(3)24-28(23(29)25(30)31-24)22-15-21-20(14-17(22)2)26(4,5)12-13-27(21,6)7/h8-11,14-15H,12-13H2,1-7H3. The van der Waals surface area contributed by atoms with E-state index >= 15 is 0 Å². The monoisotopic (exact) mass is 433 g/mol. The molecule has 0 radical (unpaired) electrons. The molecular formula is C27H31NO2S. The number of hydrogen-bond acceptors (Lipinski definition) is 3. The molecule has 0 aromatic heterocycles. The highest BCUT2D eigenvalue weighted by atomic mass is 32.2. The van der Waals surface area contributed by atoms with Gasteiger partial charge in [0.1, 0.15) is 0 Å². The lowest BCUT2D eigenvalue weighted by atomic mass is 9.63. The number of nitrogens with zero attached hydrogens (tertiary/aromatic N) is 1. The zero-order chi connectivity index (χ0) is 22.7. The molecule has 1 aliphatic heterocycles. The SMILES string of the molecule is CC(=C1SC(=O)C(=O)N1c1cc2c(cc1C)C(C)(C)CCC2(C)C)c1ccccc1C. The van der Waals surface area contributed by atoms with Crippen LogP contribution >= 0.6 is 11.8 Å². The van der Waals surface area contributed by atoms with E-state index in [0.717, 1.165) is 57.6 Å². The highest BCUT2D eigenvalue weighted by molar-refractivity contribution is 8.19. The van der Waals surface area contributed by atoms with Gasteiger partial charge in [-0.2, -0.15) is 0 Å². The van der Waals surface area contributed by atoms with E-state index in [0.29, 0.717) is 0 Å². The molecule has 31 heavy (non-hydrogen) atoms. The fraction of sp³-hybridized carbons (Fsp3) is 0.407. The lowest BCUT2D eigenvalue weighted by molar-refractivity contribution is -0.130. The maximum atomic E-state index is 13.1. The number of allylic oxidation sites excluding steroid dienone is 1. The zero-order valence-electron chi connectivity index (χ0n) is 19.6. The van der Waals surface area contributed by atoms with Gasteiger partial charge in [0.05, 0.1) is 10.7 Å². The van der Waals surface area contributed by atoms with Gasteiger partial charge in [-0.25, -0.2) is 0 Å². The van der Waals surface area contributed by atoms with Crippen molar-refractivity contribution in [3.05, 3.63) is 69.2 Å². The van der Waals surface area contributed by atoms with E-state index in [1.165, 1.54) is 11.1 Å². The van der Waals surface area contributed by atoms with Crippen molar-refractivity contribution in [2.75, 3.05) is 4.90 Å². The first kappa shape index (κ1) is 21.9. The number of rotatable bonds is 2. The summed E-state index contributed by atoms with van der Waals surface area (Å²) < 4.78 is 0. The fourth-order valence-corrected chi connectivity index (χ4v) is 5.77. The topological polar surface area (TPSA) is 37.4 Å². The molecule has 1 heterocycles. The summed E-state index contributed by atoms with van der Waals surface area (Å²) in [5.41, 5.74) is 7.79. The van der Waals surface area contributed by atoms with Crippen molar-refractivity contribution in [1.29, 1.82) is 0 Å². The lowest BCUT2D eigenvalue weighted by Gasteiger charge is -2.42. The number of fused-ring (bicyclic) bond motifs is 1. The molecule has 1 saturated heterocycles. The predicted molar refractivity (Wildman–Crippen MR) is 130 cm³/mol. The summed E-state index contributed by atoms with van der Waals surface area (Å²) in [7, 11) is 0. The molecule has 162 valence electrons. The van der Waals surface area contributed by atoms with Crippen molar-refractivity contribution < 1.29 is 9.59 Å². The Balaban J connectivity index is 1.94. The molecule has 4 rings (SSSR count). The maximum absolute atomic E-state index is 13.1. The Kier molecular flexibility index (Phi) is 5.20. The summed E-state index contributed by atoms with van der Waals surface area (Å²) in [5.74, 6) is -0.455. The maximum Gasteiger partial charge on any atom is 0.311 e. The summed E-state index contributed by atoms with van der Waals surface area (Å²) in [6.07, 6.45) is 2.24. The molecule has 4 heteroatoms. The first-order valence-corrected chi connectivity index (χ1v) is 11.7. The number of hydrogen-bond donors (Lipinski definition) is 0. The van der Waals surface area contributed by atoms with Crippen LogP contribution in [0.25, 0.3) is 5.57 Å². The minimum atomic E-state index is -0.455. The highest BCUT2D eigenvalue weighted by Crippen LogP contribution is 2.49. The Bertz CT molecular complexity index is 1140. The smallest absolute Gasteiger partial charge is 0.276 e. The molecule has 0 N–H and O–H groups in total. The molecule has 2 aromatic rings. The van der Waals surface area contributed by atoms with E-state index in [9.17, 15) is 9.59 Å². The van der Waals surface area contributed by atoms with Gasteiger partial charge in [-0.1, -0.05) is 58.0 Å². The number of anilines is 1. The van der Waals surface area contributed by atoms with Gasteiger partial charge in [0.2, 0.25) is 0 Å². The van der Waals surface area contributed by atoms with Crippen molar-refractivity contribution in [2.45, 2.75) is 72.1 Å². The van der Waals surface area contributed by atoms with Crippen molar-refractivity contribution in [3.8, 4) is 0 Å². The van der Waals surface area contributed by atoms with Crippen molar-refractivity contribution in [2.24, 2.45) is 0 Å². The first-order chi connectivity index (χ1) is 14.4. The van der Waals surface area contributed by atoms with Crippen molar-refractivity contribution in [3.63, 3.8) is 0 Å². The molecule has 3 nitrogen and oxygen atoms in total. The Morgan fingerprint density at radius 1 is 0.903 bits per heavy atom. The third kappa shape index (κ3) is 3.55. The number of thioether (sulfide) groups is 1. The van der Waals surface area contributed by atoms with E-state index < -0.39 is 11.0 Å². The Hall–Kier alpha value is -2.33. The summed E-state index contributed by atoms with van der Waals surface area (Å²) in [5, 5.41) is 0.305. The van der Waals surface area contributed by atoms with Crippen LogP contribution in [-0.4, -0.2) is 11.0 Å². The number of aryl methyl sites for hydroxylation is 2. The Labute approximate surface area is 189 Å². The molecule has 0 saturated carbocycles. The second kappa shape index (κ2) is 7.37. The molecule has 1 amide bonds. The second-order valence-electron chi connectivity index (χ2n) is 10.2. The van der Waals surface area contributed by atoms with Crippen LogP contribution in [0.3, 0.4) is 0 Å². The van der Waals surface area contributed by atoms with Gasteiger partial charge in [-0.3, -0.25) is 14.5 Å². The molecule has 1 aliphatic carbocycles. The van der Waals surface area contributed by atoms with Crippen LogP contribution in [0.2, 0.25) is 0 Å². The summed E-state index contributed by atoms with van der Waals surface area (Å²) in [4.78, 5) is 27.3. The molecular weight excluding hydrogens is 402 g/mol. The average molecular weight is 434 g/mol. The predicted octanol–water partition coefficient (Wildman–Crippen LogP) is 6.65. The van der Waals surface area contributed by atoms with Crippen LogP contribution in [0.1, 0.15) is 75.3 Å². The van der Waals surface area contributed by atoms with Gasteiger partial charge < -0.3 is 0 Å². The summed E-state index contributed by atoms with van der Waals surface area (Å²) >= 11 is 1.05. The number of amides is 1. The molecule has 2 aromatic carbocycles. The van der Waals surface area contributed by atoms with Gasteiger partial charge in [0, 0.05) is 0 Å². The second-order valence-corrected chi connectivity index (χ2v) is 11.2. The molecule has 2 aliphatic rings. The molecule has 0 spiro atoms. The first-order valence-electron chi connectivity index (χ1n) is 10.9. The van der Waals surface area contributed by atoms with Crippen LogP contribution < -0.4 is 4.90 Å². The highest BCUT2D eigenvalue weighted by Gasteiger charge is 2.42. The quantitative estimate of drug-likeness (QED) is 0.498. The van der Waals surface area contributed by atoms with Crippen LogP contribution in [0.15, 0.2) is 41.4 Å². The van der Waals surface area contributed by atoms with Crippen LogP contribution in [0.5, 0.6) is 0 Å². The Morgan fingerprint density at radius 3 is 2.10 bits per heavy atom. The normalized spacial score (nSPS) is 21.3. The molecule has 0 atom stereocenters. The van der Waals surface area contributed by atoms with E-state index in [-0.39, 0.29) is 10.8 Å². The van der Waals surface area contributed by atoms with Gasteiger partial charge in [0.15, 0.2) is 0 Å². The zero-order valence-corrected chi connectivity index (χ0v) is 20.4.